The normalized spacial score (nSPS) is 16.9. The zero-order valence-electron chi connectivity index (χ0n) is 16.5. The molecule has 8 heteroatoms. The molecular formula is C19H33IN4O2S. The van der Waals surface area contributed by atoms with E-state index in [1.54, 1.807) is 31.3 Å². The first-order valence-electron chi connectivity index (χ1n) is 9.44. The summed E-state index contributed by atoms with van der Waals surface area (Å²) in [5.41, 5.74) is 6.94. The lowest BCUT2D eigenvalue weighted by Gasteiger charge is -2.21. The number of nitrogens with two attached hydrogens (primary N) is 1. The van der Waals surface area contributed by atoms with Crippen molar-refractivity contribution in [3.63, 3.8) is 0 Å². The Morgan fingerprint density at radius 1 is 1.19 bits per heavy atom. The fraction of sp³-hybridized carbons (Fsp3) is 0.632. The van der Waals surface area contributed by atoms with E-state index in [1.165, 1.54) is 30.0 Å². The maximum Gasteiger partial charge on any atom is 0.243 e. The average molecular weight is 508 g/mol. The highest BCUT2D eigenvalue weighted by molar-refractivity contribution is 14.0. The van der Waals surface area contributed by atoms with Crippen LogP contribution in [0.1, 0.15) is 57.9 Å². The summed E-state index contributed by atoms with van der Waals surface area (Å²) in [7, 11) is -1.85. The molecule has 0 bridgehead atoms. The standard InChI is InChI=1S/C19H32N4O2S.HI/c1-15(2)23(3)26(24,25)18-12-10-16(11-13-18)14-21-19(20)22-17-8-6-4-5-7-9-17;/h10-13,15,17H,4-9,14H2,1-3H3,(H3,20,21,22);1H. The number of halogens is 1. The smallest absolute Gasteiger partial charge is 0.243 e. The van der Waals surface area contributed by atoms with Crippen LogP contribution in [0.3, 0.4) is 0 Å². The van der Waals surface area contributed by atoms with Crippen molar-refractivity contribution in [3.05, 3.63) is 29.8 Å². The number of rotatable bonds is 6. The Balaban J connectivity index is 0.00000364. The second kappa shape index (κ2) is 11.2. The zero-order chi connectivity index (χ0) is 19.2. The van der Waals surface area contributed by atoms with E-state index in [-0.39, 0.29) is 30.0 Å². The van der Waals surface area contributed by atoms with Crippen LogP contribution in [-0.2, 0) is 16.6 Å². The molecule has 27 heavy (non-hydrogen) atoms. The lowest BCUT2D eigenvalue weighted by atomic mass is 10.1. The number of guanidine groups is 1. The molecule has 1 aliphatic rings. The fourth-order valence-corrected chi connectivity index (χ4v) is 4.43. The van der Waals surface area contributed by atoms with Crippen LogP contribution in [0.2, 0.25) is 0 Å². The molecule has 0 saturated heterocycles. The summed E-state index contributed by atoms with van der Waals surface area (Å²) in [5.74, 6) is 0.466. The molecule has 3 N–H and O–H groups in total. The van der Waals surface area contributed by atoms with Crippen LogP contribution in [0.4, 0.5) is 0 Å². The van der Waals surface area contributed by atoms with E-state index in [9.17, 15) is 8.42 Å². The lowest BCUT2D eigenvalue weighted by Crippen LogP contribution is -2.39. The molecule has 1 saturated carbocycles. The monoisotopic (exact) mass is 508 g/mol. The molecule has 0 radical (unpaired) electrons. The molecule has 0 atom stereocenters. The van der Waals surface area contributed by atoms with Gasteiger partial charge in [0, 0.05) is 19.1 Å². The highest BCUT2D eigenvalue weighted by Gasteiger charge is 2.22. The van der Waals surface area contributed by atoms with Crippen LogP contribution < -0.4 is 11.1 Å². The molecule has 0 spiro atoms. The van der Waals surface area contributed by atoms with Gasteiger partial charge in [0.05, 0.1) is 11.4 Å². The van der Waals surface area contributed by atoms with E-state index in [0.29, 0.717) is 23.4 Å². The Hall–Kier alpha value is -0.870. The predicted molar refractivity (Wildman–Crippen MR) is 122 cm³/mol. The lowest BCUT2D eigenvalue weighted by molar-refractivity contribution is 0.410. The first-order chi connectivity index (χ1) is 12.3. The zero-order valence-corrected chi connectivity index (χ0v) is 19.7. The van der Waals surface area contributed by atoms with Crippen molar-refractivity contribution in [2.24, 2.45) is 10.7 Å². The van der Waals surface area contributed by atoms with Gasteiger partial charge in [0.2, 0.25) is 10.0 Å². The minimum Gasteiger partial charge on any atom is -0.370 e. The van der Waals surface area contributed by atoms with Crippen molar-refractivity contribution in [3.8, 4) is 0 Å². The third-order valence-corrected chi connectivity index (χ3v) is 7.01. The Kier molecular flexibility index (Phi) is 10.0. The molecule has 1 aliphatic carbocycles. The largest absolute Gasteiger partial charge is 0.370 e. The van der Waals surface area contributed by atoms with Crippen LogP contribution in [0.5, 0.6) is 0 Å². The molecular weight excluding hydrogens is 475 g/mol. The average Bonchev–Trinajstić information content (AvgIpc) is 2.88. The summed E-state index contributed by atoms with van der Waals surface area (Å²) in [4.78, 5) is 4.69. The van der Waals surface area contributed by atoms with E-state index in [0.717, 1.165) is 18.4 Å². The van der Waals surface area contributed by atoms with Gasteiger partial charge in [0.25, 0.3) is 0 Å². The Morgan fingerprint density at radius 3 is 2.26 bits per heavy atom. The van der Waals surface area contributed by atoms with Crippen LogP contribution in [0, 0.1) is 0 Å². The molecule has 154 valence electrons. The van der Waals surface area contributed by atoms with Gasteiger partial charge in [-0.25, -0.2) is 13.4 Å². The van der Waals surface area contributed by atoms with Crippen LogP contribution in [0.15, 0.2) is 34.2 Å². The minimum atomic E-state index is -3.45. The third-order valence-electron chi connectivity index (χ3n) is 4.97. The van der Waals surface area contributed by atoms with E-state index in [4.69, 9.17) is 5.73 Å². The van der Waals surface area contributed by atoms with Gasteiger partial charge in [0.1, 0.15) is 0 Å². The predicted octanol–water partition coefficient (Wildman–Crippen LogP) is 3.46. The van der Waals surface area contributed by atoms with Crippen LogP contribution in [-0.4, -0.2) is 37.8 Å². The summed E-state index contributed by atoms with van der Waals surface area (Å²) in [6.45, 7) is 4.14. The van der Waals surface area contributed by atoms with Crippen molar-refractivity contribution >= 4 is 40.0 Å². The molecule has 0 amide bonds. The number of sulfonamides is 1. The molecule has 0 aliphatic heterocycles. The van der Waals surface area contributed by atoms with E-state index in [1.807, 2.05) is 13.8 Å². The maximum absolute atomic E-state index is 12.5. The number of hydrogen-bond acceptors (Lipinski definition) is 3. The second-order valence-corrected chi connectivity index (χ2v) is 9.29. The summed E-state index contributed by atoms with van der Waals surface area (Å²) < 4.78 is 26.3. The van der Waals surface area contributed by atoms with Gasteiger partial charge < -0.3 is 11.1 Å². The number of benzene rings is 1. The van der Waals surface area contributed by atoms with Gasteiger partial charge in [0.15, 0.2) is 5.96 Å². The molecule has 1 fully saturated rings. The SMILES string of the molecule is CC(C)N(C)S(=O)(=O)c1ccc(CN=C(N)NC2CCCCCC2)cc1.I. The molecule has 0 heterocycles. The first-order valence-corrected chi connectivity index (χ1v) is 10.9. The van der Waals surface area contributed by atoms with Gasteiger partial charge in [-0.1, -0.05) is 37.8 Å². The quantitative estimate of drug-likeness (QED) is 0.267. The highest BCUT2D eigenvalue weighted by Crippen LogP contribution is 2.18. The van der Waals surface area contributed by atoms with Crippen molar-refractivity contribution < 1.29 is 8.42 Å². The molecule has 1 aromatic rings. The summed E-state index contributed by atoms with van der Waals surface area (Å²) in [5, 5.41) is 3.32. The van der Waals surface area contributed by atoms with E-state index < -0.39 is 10.0 Å². The van der Waals surface area contributed by atoms with Crippen molar-refractivity contribution in [1.82, 2.24) is 9.62 Å². The molecule has 2 rings (SSSR count). The van der Waals surface area contributed by atoms with E-state index in [2.05, 4.69) is 10.3 Å². The molecule has 1 aromatic carbocycles. The van der Waals surface area contributed by atoms with Gasteiger partial charge in [-0.05, 0) is 44.4 Å². The Bertz CT molecular complexity index is 697. The number of aliphatic imine (C=N–C) groups is 1. The molecule has 0 unspecified atom stereocenters. The fourth-order valence-electron chi connectivity index (χ4n) is 3.07. The van der Waals surface area contributed by atoms with Gasteiger partial charge in [-0.3, -0.25) is 0 Å². The van der Waals surface area contributed by atoms with Gasteiger partial charge >= 0.3 is 0 Å². The number of nitrogens with zero attached hydrogens (tertiary/aromatic N) is 2. The van der Waals surface area contributed by atoms with Gasteiger partial charge in [-0.2, -0.15) is 4.31 Å². The molecule has 6 nitrogen and oxygen atoms in total. The Morgan fingerprint density at radius 2 is 1.74 bits per heavy atom. The van der Waals surface area contributed by atoms with Crippen LogP contribution >= 0.6 is 24.0 Å². The van der Waals surface area contributed by atoms with Gasteiger partial charge in [-0.15, -0.1) is 24.0 Å². The van der Waals surface area contributed by atoms with Crippen LogP contribution in [0.25, 0.3) is 0 Å². The third kappa shape index (κ3) is 7.23. The van der Waals surface area contributed by atoms with E-state index >= 15 is 0 Å². The number of nitrogens with one attached hydrogen (secondary N) is 1. The minimum absolute atomic E-state index is 0. The van der Waals surface area contributed by atoms with Crippen molar-refractivity contribution in [1.29, 1.82) is 0 Å². The van der Waals surface area contributed by atoms with Crippen molar-refractivity contribution in [2.45, 2.75) is 75.9 Å². The van der Waals surface area contributed by atoms with Crippen molar-refractivity contribution in [2.75, 3.05) is 7.05 Å². The summed E-state index contributed by atoms with van der Waals surface area (Å²) >= 11 is 0. The molecule has 0 aromatic heterocycles. The Labute approximate surface area is 181 Å². The first kappa shape index (κ1) is 24.2. The maximum atomic E-state index is 12.5. The highest BCUT2D eigenvalue weighted by atomic mass is 127. The summed E-state index contributed by atoms with van der Waals surface area (Å²) in [6, 6.07) is 7.19. The second-order valence-electron chi connectivity index (χ2n) is 7.29. The summed E-state index contributed by atoms with van der Waals surface area (Å²) in [6.07, 6.45) is 7.38. The topological polar surface area (TPSA) is 87.8 Å². The number of hydrogen-bond donors (Lipinski definition) is 2.